The Morgan fingerprint density at radius 2 is 1.81 bits per heavy atom. The van der Waals surface area contributed by atoms with E-state index in [4.69, 9.17) is 9.47 Å². The Bertz CT molecular complexity index is 616. The smallest absolute Gasteiger partial charge is 0.426 e. The van der Waals surface area contributed by atoms with Gasteiger partial charge in [-0.3, -0.25) is 4.79 Å². The number of carbonyl (C=O) groups excluding carboxylic acids is 3. The van der Waals surface area contributed by atoms with Crippen molar-refractivity contribution in [3.63, 3.8) is 0 Å². The highest BCUT2D eigenvalue weighted by Crippen LogP contribution is 2.18. The van der Waals surface area contributed by atoms with Gasteiger partial charge in [-0.05, 0) is 25.3 Å². The van der Waals surface area contributed by atoms with Gasteiger partial charge in [0.1, 0.15) is 6.61 Å². The summed E-state index contributed by atoms with van der Waals surface area (Å²) in [7, 11) is 1.23. The maximum Gasteiger partial charge on any atom is 0.426 e. The summed E-state index contributed by atoms with van der Waals surface area (Å²) in [4.78, 5) is 36.9. The SMILES string of the molecule is CC[C@H](C)CC(=O)N(NC(=O)OCc1ccccc1)C(C)(C)C(=O)OC. The molecule has 0 saturated heterocycles. The zero-order valence-electron chi connectivity index (χ0n) is 16.1. The maximum absolute atomic E-state index is 12.6. The first-order valence-corrected chi connectivity index (χ1v) is 8.61. The van der Waals surface area contributed by atoms with Crippen LogP contribution >= 0.6 is 0 Å². The van der Waals surface area contributed by atoms with Crippen LogP contribution in [0.25, 0.3) is 0 Å². The maximum atomic E-state index is 12.6. The molecule has 7 nitrogen and oxygen atoms in total. The summed E-state index contributed by atoms with van der Waals surface area (Å²) in [5.41, 5.74) is 1.84. The lowest BCUT2D eigenvalue weighted by atomic mass is 10.0. The number of nitrogens with zero attached hydrogens (tertiary/aromatic N) is 1. The molecule has 2 amide bonds. The topological polar surface area (TPSA) is 84.9 Å². The number of amides is 2. The van der Waals surface area contributed by atoms with Crippen LogP contribution in [0.4, 0.5) is 4.79 Å². The molecule has 0 unspecified atom stereocenters. The second-order valence-electron chi connectivity index (χ2n) is 6.67. The monoisotopic (exact) mass is 364 g/mol. The number of hydrogen-bond acceptors (Lipinski definition) is 5. The normalized spacial score (nSPS) is 12.0. The second-order valence-corrected chi connectivity index (χ2v) is 6.67. The number of ether oxygens (including phenoxy) is 2. The molecule has 0 spiro atoms. The molecular formula is C19H28N2O5. The first kappa shape index (κ1) is 21.5. The Kier molecular flexibility index (Phi) is 8.09. The Balaban J connectivity index is 2.85. The summed E-state index contributed by atoms with van der Waals surface area (Å²) in [5.74, 6) is -0.912. The van der Waals surface area contributed by atoms with E-state index in [-0.39, 0.29) is 24.9 Å². The number of esters is 1. The fourth-order valence-electron chi connectivity index (χ4n) is 2.24. The molecule has 1 N–H and O–H groups in total. The van der Waals surface area contributed by atoms with Crippen LogP contribution < -0.4 is 5.43 Å². The van der Waals surface area contributed by atoms with E-state index in [0.717, 1.165) is 17.0 Å². The van der Waals surface area contributed by atoms with Gasteiger partial charge in [-0.25, -0.2) is 20.0 Å². The van der Waals surface area contributed by atoms with Gasteiger partial charge in [-0.2, -0.15) is 0 Å². The number of benzene rings is 1. The minimum absolute atomic E-state index is 0.0543. The minimum Gasteiger partial charge on any atom is -0.467 e. The van der Waals surface area contributed by atoms with Gasteiger partial charge in [0.25, 0.3) is 0 Å². The Morgan fingerprint density at radius 3 is 2.35 bits per heavy atom. The van der Waals surface area contributed by atoms with E-state index in [1.807, 2.05) is 44.2 Å². The van der Waals surface area contributed by atoms with Crippen LogP contribution in [0, 0.1) is 5.92 Å². The molecule has 7 heteroatoms. The summed E-state index contributed by atoms with van der Waals surface area (Å²) in [5, 5.41) is 0.998. The largest absolute Gasteiger partial charge is 0.467 e. The molecule has 1 rings (SSSR count). The predicted octanol–water partition coefficient (Wildman–Crippen LogP) is 3.04. The number of hydrazine groups is 1. The van der Waals surface area contributed by atoms with Gasteiger partial charge in [0.15, 0.2) is 5.54 Å². The fourth-order valence-corrected chi connectivity index (χ4v) is 2.24. The van der Waals surface area contributed by atoms with Crippen LogP contribution in [-0.4, -0.2) is 35.6 Å². The average molecular weight is 364 g/mol. The van der Waals surface area contributed by atoms with Crippen molar-refractivity contribution >= 4 is 18.0 Å². The van der Waals surface area contributed by atoms with Crippen LogP contribution in [0.15, 0.2) is 30.3 Å². The van der Waals surface area contributed by atoms with Gasteiger partial charge in [-0.1, -0.05) is 50.6 Å². The van der Waals surface area contributed by atoms with Crippen LogP contribution in [0.5, 0.6) is 0 Å². The van der Waals surface area contributed by atoms with Crippen molar-refractivity contribution in [2.24, 2.45) is 5.92 Å². The Morgan fingerprint density at radius 1 is 1.19 bits per heavy atom. The van der Waals surface area contributed by atoms with E-state index in [9.17, 15) is 14.4 Å². The van der Waals surface area contributed by atoms with Crippen molar-refractivity contribution < 1.29 is 23.9 Å². The number of carbonyl (C=O) groups is 3. The number of hydrogen-bond donors (Lipinski definition) is 1. The molecule has 1 aromatic rings. The molecule has 0 saturated carbocycles. The van der Waals surface area contributed by atoms with Crippen molar-refractivity contribution in [1.82, 2.24) is 10.4 Å². The third kappa shape index (κ3) is 6.06. The summed E-state index contributed by atoms with van der Waals surface area (Å²) >= 11 is 0. The van der Waals surface area contributed by atoms with E-state index in [1.165, 1.54) is 21.0 Å². The van der Waals surface area contributed by atoms with Crippen LogP contribution in [0.1, 0.15) is 46.1 Å². The first-order chi connectivity index (χ1) is 12.2. The van der Waals surface area contributed by atoms with Crippen LogP contribution in [0.2, 0.25) is 0 Å². The van der Waals surface area contributed by atoms with E-state index in [2.05, 4.69) is 5.43 Å². The number of nitrogens with one attached hydrogen (secondary N) is 1. The summed E-state index contributed by atoms with van der Waals surface area (Å²) in [6.45, 7) is 6.96. The lowest BCUT2D eigenvalue weighted by Gasteiger charge is -2.36. The van der Waals surface area contributed by atoms with Gasteiger partial charge in [0.05, 0.1) is 7.11 Å². The third-order valence-electron chi connectivity index (χ3n) is 4.13. The molecule has 0 fully saturated rings. The Hall–Kier alpha value is -2.57. The standard InChI is InChI=1S/C19H28N2O5/c1-6-14(2)12-16(22)21(19(3,4)17(23)25-5)20-18(24)26-13-15-10-8-7-9-11-15/h7-11,14H,6,12-13H2,1-5H3,(H,20,24)/t14-/m0/s1. The van der Waals surface area contributed by atoms with Gasteiger partial charge >= 0.3 is 12.1 Å². The zero-order chi connectivity index (χ0) is 19.7. The summed E-state index contributed by atoms with van der Waals surface area (Å²) < 4.78 is 9.92. The van der Waals surface area contributed by atoms with Crippen molar-refractivity contribution in [3.8, 4) is 0 Å². The fraction of sp³-hybridized carbons (Fsp3) is 0.526. The molecule has 144 valence electrons. The van der Waals surface area contributed by atoms with E-state index in [0.29, 0.717) is 0 Å². The van der Waals surface area contributed by atoms with Gasteiger partial charge < -0.3 is 9.47 Å². The zero-order valence-corrected chi connectivity index (χ0v) is 16.1. The molecule has 0 aromatic heterocycles. The molecule has 0 aliphatic carbocycles. The summed E-state index contributed by atoms with van der Waals surface area (Å²) in [6.07, 6.45) is 0.176. The molecule has 1 atom stereocenters. The second kappa shape index (κ2) is 9.79. The van der Waals surface area contributed by atoms with Crippen LogP contribution in [-0.2, 0) is 25.7 Å². The number of methoxy groups -OCH3 is 1. The van der Waals surface area contributed by atoms with E-state index >= 15 is 0 Å². The lowest BCUT2D eigenvalue weighted by Crippen LogP contribution is -2.61. The molecule has 0 aliphatic rings. The molecule has 0 heterocycles. The van der Waals surface area contributed by atoms with Gasteiger partial charge in [-0.15, -0.1) is 0 Å². The molecule has 1 aromatic carbocycles. The molecular weight excluding hydrogens is 336 g/mol. The molecule has 0 bridgehead atoms. The van der Waals surface area contributed by atoms with Crippen molar-refractivity contribution in [3.05, 3.63) is 35.9 Å². The van der Waals surface area contributed by atoms with E-state index in [1.54, 1.807) is 0 Å². The third-order valence-corrected chi connectivity index (χ3v) is 4.13. The molecule has 0 aliphatic heterocycles. The minimum atomic E-state index is -1.37. The molecule has 26 heavy (non-hydrogen) atoms. The van der Waals surface area contributed by atoms with Crippen molar-refractivity contribution in [1.29, 1.82) is 0 Å². The molecule has 0 radical (unpaired) electrons. The number of rotatable bonds is 7. The quantitative estimate of drug-likeness (QED) is 0.594. The predicted molar refractivity (Wildman–Crippen MR) is 96.8 cm³/mol. The van der Waals surface area contributed by atoms with Gasteiger partial charge in [0.2, 0.25) is 5.91 Å². The highest BCUT2D eigenvalue weighted by molar-refractivity contribution is 5.88. The average Bonchev–Trinajstić information content (AvgIpc) is 2.63. The van der Waals surface area contributed by atoms with Gasteiger partial charge in [0, 0.05) is 6.42 Å². The van der Waals surface area contributed by atoms with Crippen molar-refractivity contribution in [2.75, 3.05) is 7.11 Å². The Labute approximate surface area is 154 Å². The highest BCUT2D eigenvalue weighted by Gasteiger charge is 2.40. The lowest BCUT2D eigenvalue weighted by molar-refractivity contribution is -0.163. The van der Waals surface area contributed by atoms with E-state index < -0.39 is 17.6 Å². The van der Waals surface area contributed by atoms with Crippen LogP contribution in [0.3, 0.4) is 0 Å². The first-order valence-electron chi connectivity index (χ1n) is 8.61. The van der Waals surface area contributed by atoms with Crippen molar-refractivity contribution in [2.45, 2.75) is 52.7 Å². The highest BCUT2D eigenvalue weighted by atomic mass is 16.6. The summed E-state index contributed by atoms with van der Waals surface area (Å²) in [6, 6.07) is 9.16.